The monoisotopic (exact) mass is 1350 g/mol. The number of carbonyl (C=O) groups is 4. The second-order valence-corrected chi connectivity index (χ2v) is 30.7. The van der Waals surface area contributed by atoms with E-state index in [-0.39, 0.29) is 25.7 Å². The summed E-state index contributed by atoms with van der Waals surface area (Å²) in [6.45, 7) is 14.1. The van der Waals surface area contributed by atoms with Crippen molar-refractivity contribution >= 4 is 39.5 Å². The van der Waals surface area contributed by atoms with Crippen LogP contribution in [-0.4, -0.2) is 96.7 Å². The Labute approximate surface area is 562 Å². The molecule has 0 rings (SSSR count). The molecule has 0 spiro atoms. The molecule has 17 nitrogen and oxygen atoms in total. The van der Waals surface area contributed by atoms with E-state index in [1.165, 1.54) is 161 Å². The van der Waals surface area contributed by atoms with E-state index in [0.717, 1.165) is 120 Å². The summed E-state index contributed by atoms with van der Waals surface area (Å²) >= 11 is 0. The molecule has 0 aromatic heterocycles. The third-order valence-corrected chi connectivity index (χ3v) is 19.4. The van der Waals surface area contributed by atoms with Crippen molar-refractivity contribution in [2.24, 2.45) is 23.7 Å². The number of carbonyl (C=O) groups excluding carboxylic acids is 4. The van der Waals surface area contributed by atoms with E-state index in [0.29, 0.717) is 25.7 Å². The smallest absolute Gasteiger partial charge is 0.462 e. The largest absolute Gasteiger partial charge is 0.472 e. The van der Waals surface area contributed by atoms with Gasteiger partial charge in [-0.25, -0.2) is 9.13 Å². The van der Waals surface area contributed by atoms with Crippen LogP contribution in [0.3, 0.4) is 0 Å². The maximum Gasteiger partial charge on any atom is 0.472 e. The molecule has 7 atom stereocenters. The Bertz CT molecular complexity index is 1820. The van der Waals surface area contributed by atoms with Crippen LogP contribution in [0.1, 0.15) is 364 Å². The molecule has 92 heavy (non-hydrogen) atoms. The van der Waals surface area contributed by atoms with Gasteiger partial charge in [0, 0.05) is 25.7 Å². The summed E-state index contributed by atoms with van der Waals surface area (Å²) in [6, 6.07) is 0. The Morgan fingerprint density at radius 1 is 0.304 bits per heavy atom. The van der Waals surface area contributed by atoms with E-state index in [1.54, 1.807) is 0 Å². The molecule has 0 aromatic carbocycles. The highest BCUT2D eigenvalue weighted by Gasteiger charge is 2.30. The Balaban J connectivity index is 5.22. The van der Waals surface area contributed by atoms with Crippen molar-refractivity contribution in [3.63, 3.8) is 0 Å². The molecule has 0 saturated heterocycles. The van der Waals surface area contributed by atoms with Crippen LogP contribution in [0.15, 0.2) is 0 Å². The average molecular weight is 1350 g/mol. The average Bonchev–Trinajstić information content (AvgIpc) is 2.79. The van der Waals surface area contributed by atoms with Gasteiger partial charge in [0.15, 0.2) is 12.2 Å². The summed E-state index contributed by atoms with van der Waals surface area (Å²) in [5.74, 6) is 0.923. The van der Waals surface area contributed by atoms with Crippen molar-refractivity contribution in [3.05, 3.63) is 0 Å². The lowest BCUT2D eigenvalue weighted by atomic mass is 9.99. The maximum absolute atomic E-state index is 13.0. The first-order valence-corrected chi connectivity index (χ1v) is 40.8. The number of rotatable bonds is 70. The quantitative estimate of drug-likeness (QED) is 0.0222. The Kier molecular flexibility index (Phi) is 61.3. The van der Waals surface area contributed by atoms with Crippen LogP contribution >= 0.6 is 15.6 Å². The summed E-state index contributed by atoms with van der Waals surface area (Å²) in [5.41, 5.74) is 0. The standard InChI is InChI=1S/C73H142O17P2/c1-9-65(7)51-43-35-27-20-15-13-11-12-14-16-21-28-37-45-53-70(75)83-59-68(90-73(78)56-48-40-30-24-23-26-34-42-50-64(5)6)61-87-91(79,80)85-57-67(74)58-86-92(81,82)88-62-69(60-84-71(76)54-46-38-32-31-36-44-52-66(8)10-2)89-72(77)55-47-39-29-22-18-17-19-25-33-41-49-63(3)4/h63-69,74H,9-62H2,1-8H3,(H,79,80)(H,81,82)/t65?,66?,67-,68-,69-/m1/s1. The molecule has 19 heteroatoms. The topological polar surface area (TPSA) is 237 Å². The van der Waals surface area contributed by atoms with Gasteiger partial charge in [-0.2, -0.15) is 0 Å². The third-order valence-electron chi connectivity index (χ3n) is 17.5. The number of unbranched alkanes of at least 4 members (excludes halogenated alkanes) is 34. The second kappa shape index (κ2) is 62.6. The number of aliphatic hydroxyl groups is 1. The lowest BCUT2D eigenvalue weighted by molar-refractivity contribution is -0.161. The molecule has 0 aromatic rings. The number of phosphoric acid groups is 2. The Hall–Kier alpha value is -1.94. The minimum Gasteiger partial charge on any atom is -0.462 e. The normalized spacial score (nSPS) is 14.8. The van der Waals surface area contributed by atoms with Crippen LogP contribution in [-0.2, 0) is 65.4 Å². The van der Waals surface area contributed by atoms with Crippen LogP contribution in [0, 0.1) is 23.7 Å². The van der Waals surface area contributed by atoms with Gasteiger partial charge in [-0.3, -0.25) is 37.3 Å². The Morgan fingerprint density at radius 3 is 0.772 bits per heavy atom. The fourth-order valence-electron chi connectivity index (χ4n) is 11.0. The first-order chi connectivity index (χ1) is 44.2. The summed E-state index contributed by atoms with van der Waals surface area (Å²) in [5, 5.41) is 10.6. The molecule has 0 aliphatic heterocycles. The zero-order valence-corrected chi connectivity index (χ0v) is 62.0. The van der Waals surface area contributed by atoms with Gasteiger partial charge in [0.05, 0.1) is 26.4 Å². The molecule has 0 heterocycles. The highest BCUT2D eigenvalue weighted by atomic mass is 31.2. The number of phosphoric ester groups is 2. The van der Waals surface area contributed by atoms with Gasteiger partial charge in [0.25, 0.3) is 0 Å². The first kappa shape index (κ1) is 90.1. The number of ether oxygens (including phenoxy) is 4. The highest BCUT2D eigenvalue weighted by Crippen LogP contribution is 2.45. The molecule has 0 aliphatic carbocycles. The first-order valence-electron chi connectivity index (χ1n) is 37.8. The highest BCUT2D eigenvalue weighted by molar-refractivity contribution is 7.47. The molecule has 546 valence electrons. The van der Waals surface area contributed by atoms with Gasteiger partial charge in [0.1, 0.15) is 19.3 Å². The predicted octanol–water partition coefficient (Wildman–Crippen LogP) is 20.9. The van der Waals surface area contributed by atoms with Gasteiger partial charge in [-0.15, -0.1) is 0 Å². The summed E-state index contributed by atoms with van der Waals surface area (Å²) in [6.07, 6.45) is 45.8. The van der Waals surface area contributed by atoms with E-state index in [1.807, 2.05) is 0 Å². The lowest BCUT2D eigenvalue weighted by Crippen LogP contribution is -2.30. The van der Waals surface area contributed by atoms with Crippen LogP contribution in [0.25, 0.3) is 0 Å². The number of aliphatic hydroxyl groups excluding tert-OH is 1. The van der Waals surface area contributed by atoms with Gasteiger partial charge in [-0.1, -0.05) is 312 Å². The predicted molar refractivity (Wildman–Crippen MR) is 372 cm³/mol. The minimum atomic E-state index is -4.95. The summed E-state index contributed by atoms with van der Waals surface area (Å²) < 4.78 is 68.4. The molecule has 0 aliphatic rings. The minimum absolute atomic E-state index is 0.104. The van der Waals surface area contributed by atoms with Gasteiger partial charge >= 0.3 is 39.5 Å². The zero-order valence-electron chi connectivity index (χ0n) is 60.2. The molecule has 0 amide bonds. The number of hydrogen-bond acceptors (Lipinski definition) is 15. The van der Waals surface area contributed by atoms with Crippen molar-refractivity contribution in [2.75, 3.05) is 39.6 Å². The lowest BCUT2D eigenvalue weighted by Gasteiger charge is -2.21. The number of hydrogen-bond donors (Lipinski definition) is 3. The van der Waals surface area contributed by atoms with Crippen LogP contribution in [0.5, 0.6) is 0 Å². The van der Waals surface area contributed by atoms with E-state index in [4.69, 9.17) is 37.0 Å². The molecule has 0 saturated carbocycles. The van der Waals surface area contributed by atoms with Crippen molar-refractivity contribution in [3.8, 4) is 0 Å². The molecule has 0 fully saturated rings. The van der Waals surface area contributed by atoms with Crippen molar-refractivity contribution < 1.29 is 80.2 Å². The van der Waals surface area contributed by atoms with Gasteiger partial charge in [-0.05, 0) is 49.4 Å². The summed E-state index contributed by atoms with van der Waals surface area (Å²) in [7, 11) is -9.91. The van der Waals surface area contributed by atoms with Crippen molar-refractivity contribution in [2.45, 2.75) is 382 Å². The third kappa shape index (κ3) is 64.1. The fourth-order valence-corrected chi connectivity index (χ4v) is 12.5. The SMILES string of the molecule is CCC(C)CCCCCCCCCCCCCCCCC(=O)OC[C@H](COP(=O)(O)OC[C@@H](O)COP(=O)(O)OC[C@@H](COC(=O)CCCCCCCCC(C)CC)OC(=O)CCCCCCCCCCCCC(C)C)OC(=O)CCCCCCCCCCC(C)C. The Morgan fingerprint density at radius 2 is 0.522 bits per heavy atom. The molecular formula is C73H142O17P2. The molecule has 0 radical (unpaired) electrons. The molecule has 4 unspecified atom stereocenters. The maximum atomic E-state index is 13.0. The van der Waals surface area contributed by atoms with Crippen molar-refractivity contribution in [1.29, 1.82) is 0 Å². The van der Waals surface area contributed by atoms with E-state index < -0.39 is 97.5 Å². The van der Waals surface area contributed by atoms with Gasteiger partial charge < -0.3 is 33.8 Å². The second-order valence-electron chi connectivity index (χ2n) is 27.8. The molecule has 3 N–H and O–H groups in total. The van der Waals surface area contributed by atoms with Crippen LogP contribution < -0.4 is 0 Å². The van der Waals surface area contributed by atoms with E-state index in [9.17, 15) is 43.2 Å². The molecular weight excluding hydrogens is 1210 g/mol. The molecule has 0 bridgehead atoms. The summed E-state index contributed by atoms with van der Waals surface area (Å²) in [4.78, 5) is 72.6. The van der Waals surface area contributed by atoms with Crippen LogP contribution in [0.4, 0.5) is 0 Å². The van der Waals surface area contributed by atoms with E-state index in [2.05, 4.69) is 55.4 Å². The van der Waals surface area contributed by atoms with E-state index >= 15 is 0 Å². The van der Waals surface area contributed by atoms with Crippen molar-refractivity contribution in [1.82, 2.24) is 0 Å². The zero-order chi connectivity index (χ0) is 68.2. The van der Waals surface area contributed by atoms with Gasteiger partial charge in [0.2, 0.25) is 0 Å². The number of esters is 4. The van der Waals surface area contributed by atoms with Crippen LogP contribution in [0.2, 0.25) is 0 Å². The fraction of sp³-hybridized carbons (Fsp3) is 0.945.